The zero-order valence-electron chi connectivity index (χ0n) is 17.2. The molecule has 1 unspecified atom stereocenters. The molecule has 5 aromatic rings. The Kier molecular flexibility index (Phi) is 4.54. The Labute approximate surface area is 183 Å². The summed E-state index contributed by atoms with van der Waals surface area (Å²) in [5, 5.41) is 30.8. The third kappa shape index (κ3) is 3.03. The van der Waals surface area contributed by atoms with Crippen LogP contribution in [-0.2, 0) is 0 Å². The van der Waals surface area contributed by atoms with Gasteiger partial charge in [-0.25, -0.2) is 0 Å². The van der Waals surface area contributed by atoms with Crippen molar-refractivity contribution in [3.63, 3.8) is 0 Å². The van der Waals surface area contributed by atoms with Crippen molar-refractivity contribution in [1.82, 2.24) is 9.97 Å². The number of H-pyrrole nitrogens is 2. The molecule has 3 aromatic carbocycles. The average molecular weight is 418 g/mol. The number of methoxy groups -OCH3 is 1. The predicted octanol–water partition coefficient (Wildman–Crippen LogP) is 5.29. The van der Waals surface area contributed by atoms with Crippen LogP contribution in [0.2, 0.25) is 0 Å². The molecule has 2 heterocycles. The van der Waals surface area contributed by atoms with E-state index in [-0.39, 0.29) is 11.7 Å². The lowest BCUT2D eigenvalue weighted by atomic mass is 9.84. The standard InChI is InChI=1S/C26H18N4O2/c1-32-25-10-17(4-7-24(25)31)26(20-13-30-23-9-16(12-28)2-5-18(20)23)21-14-29-22-6-3-15(11-27)8-19(21)22/h2-10,13-14,26,29-31H,1H3. The summed E-state index contributed by atoms with van der Waals surface area (Å²) in [6, 6.07) is 20.9. The van der Waals surface area contributed by atoms with E-state index >= 15 is 0 Å². The van der Waals surface area contributed by atoms with Gasteiger partial charge in [0.2, 0.25) is 0 Å². The van der Waals surface area contributed by atoms with E-state index in [2.05, 4.69) is 22.1 Å². The third-order valence-corrected chi connectivity index (χ3v) is 5.84. The molecule has 2 aromatic heterocycles. The number of aromatic amines is 2. The van der Waals surface area contributed by atoms with Gasteiger partial charge in [0.1, 0.15) is 0 Å². The van der Waals surface area contributed by atoms with E-state index in [1.165, 1.54) is 7.11 Å². The van der Waals surface area contributed by atoms with Crippen LogP contribution in [-0.4, -0.2) is 22.2 Å². The molecule has 0 radical (unpaired) electrons. The number of phenolic OH excluding ortho intramolecular Hbond substituents is 1. The van der Waals surface area contributed by atoms with Crippen molar-refractivity contribution in [1.29, 1.82) is 10.5 Å². The van der Waals surface area contributed by atoms with Crippen LogP contribution in [0.3, 0.4) is 0 Å². The molecule has 32 heavy (non-hydrogen) atoms. The summed E-state index contributed by atoms with van der Waals surface area (Å²) in [6.45, 7) is 0. The second-order valence-corrected chi connectivity index (χ2v) is 7.60. The number of hydrogen-bond acceptors (Lipinski definition) is 4. The lowest BCUT2D eigenvalue weighted by Gasteiger charge is -2.19. The molecular formula is C26H18N4O2. The van der Waals surface area contributed by atoms with Crippen molar-refractivity contribution in [2.24, 2.45) is 0 Å². The monoisotopic (exact) mass is 418 g/mol. The lowest BCUT2D eigenvalue weighted by molar-refractivity contribution is 0.373. The molecule has 5 rings (SSSR count). The fourth-order valence-corrected chi connectivity index (χ4v) is 4.31. The second kappa shape index (κ2) is 7.54. The number of nitrogens with one attached hydrogen (secondary N) is 2. The highest BCUT2D eigenvalue weighted by molar-refractivity contribution is 5.90. The molecule has 0 bridgehead atoms. The Balaban J connectivity index is 1.80. The van der Waals surface area contributed by atoms with E-state index in [1.807, 2.05) is 48.8 Å². The van der Waals surface area contributed by atoms with Crippen LogP contribution in [0.4, 0.5) is 0 Å². The summed E-state index contributed by atoms with van der Waals surface area (Å²) in [7, 11) is 1.52. The van der Waals surface area contributed by atoms with Gasteiger partial charge in [-0.05, 0) is 59.2 Å². The Hall–Kier alpha value is -4.68. The summed E-state index contributed by atoms with van der Waals surface area (Å²) in [6.07, 6.45) is 3.90. The van der Waals surface area contributed by atoms with Crippen LogP contribution >= 0.6 is 0 Å². The topological polar surface area (TPSA) is 109 Å². The van der Waals surface area contributed by atoms with Gasteiger partial charge >= 0.3 is 0 Å². The minimum atomic E-state index is -0.214. The van der Waals surface area contributed by atoms with E-state index < -0.39 is 0 Å². The van der Waals surface area contributed by atoms with Crippen LogP contribution in [0.5, 0.6) is 11.5 Å². The van der Waals surface area contributed by atoms with Gasteiger partial charge < -0.3 is 19.8 Å². The molecule has 6 heteroatoms. The van der Waals surface area contributed by atoms with E-state index in [0.29, 0.717) is 16.9 Å². The molecule has 1 atom stereocenters. The van der Waals surface area contributed by atoms with Crippen molar-refractivity contribution in [3.8, 4) is 23.6 Å². The maximum atomic E-state index is 10.1. The molecule has 154 valence electrons. The SMILES string of the molecule is COc1cc(C(c2c[nH]c3cc(C#N)ccc23)c2c[nH]c3ccc(C#N)cc23)ccc1O. The first kappa shape index (κ1) is 19.3. The Morgan fingerprint density at radius 3 is 2.25 bits per heavy atom. The first-order valence-corrected chi connectivity index (χ1v) is 10.0. The van der Waals surface area contributed by atoms with Crippen molar-refractivity contribution in [2.75, 3.05) is 7.11 Å². The smallest absolute Gasteiger partial charge is 0.160 e. The van der Waals surface area contributed by atoms with Crippen LogP contribution in [0.25, 0.3) is 21.8 Å². The number of hydrogen-bond donors (Lipinski definition) is 3. The Morgan fingerprint density at radius 1 is 0.812 bits per heavy atom. The zero-order valence-corrected chi connectivity index (χ0v) is 17.2. The van der Waals surface area contributed by atoms with E-state index in [4.69, 9.17) is 4.74 Å². The number of ether oxygens (including phenoxy) is 1. The quantitative estimate of drug-likeness (QED) is 0.368. The highest BCUT2D eigenvalue weighted by Gasteiger charge is 2.24. The Morgan fingerprint density at radius 2 is 1.50 bits per heavy atom. The number of rotatable bonds is 4. The Bertz CT molecular complexity index is 1560. The fourth-order valence-electron chi connectivity index (χ4n) is 4.31. The van der Waals surface area contributed by atoms with Crippen LogP contribution < -0.4 is 4.74 Å². The van der Waals surface area contributed by atoms with Gasteiger partial charge in [-0.3, -0.25) is 0 Å². The van der Waals surface area contributed by atoms with Gasteiger partial charge in [0, 0.05) is 40.1 Å². The molecule has 3 N–H and O–H groups in total. The maximum absolute atomic E-state index is 10.1. The summed E-state index contributed by atoms with van der Waals surface area (Å²) in [5.41, 5.74) is 5.90. The number of fused-ring (bicyclic) bond motifs is 2. The third-order valence-electron chi connectivity index (χ3n) is 5.84. The molecule has 6 nitrogen and oxygen atoms in total. The molecule has 0 fully saturated rings. The molecule has 0 aliphatic carbocycles. The highest BCUT2D eigenvalue weighted by atomic mass is 16.5. The zero-order chi connectivity index (χ0) is 22.2. The van der Waals surface area contributed by atoms with E-state index in [1.54, 1.807) is 18.2 Å². The highest BCUT2D eigenvalue weighted by Crippen LogP contribution is 2.42. The minimum absolute atomic E-state index is 0.0679. The van der Waals surface area contributed by atoms with E-state index in [9.17, 15) is 15.6 Å². The summed E-state index contributed by atoms with van der Waals surface area (Å²) in [5.74, 6) is 0.240. The minimum Gasteiger partial charge on any atom is -0.504 e. The number of benzene rings is 3. The van der Waals surface area contributed by atoms with Crippen LogP contribution in [0.1, 0.15) is 33.7 Å². The number of aromatic hydroxyl groups is 1. The molecule has 0 saturated heterocycles. The van der Waals surface area contributed by atoms with Crippen LogP contribution in [0.15, 0.2) is 67.0 Å². The molecule has 0 aliphatic heterocycles. The number of nitrogens with zero attached hydrogens (tertiary/aromatic N) is 2. The van der Waals surface area contributed by atoms with Crippen molar-refractivity contribution in [2.45, 2.75) is 5.92 Å². The van der Waals surface area contributed by atoms with Crippen LogP contribution in [0, 0.1) is 22.7 Å². The molecule has 0 spiro atoms. The maximum Gasteiger partial charge on any atom is 0.160 e. The van der Waals surface area contributed by atoms with Crippen molar-refractivity contribution >= 4 is 21.8 Å². The summed E-state index contributed by atoms with van der Waals surface area (Å²) >= 11 is 0. The van der Waals surface area contributed by atoms with Gasteiger partial charge in [-0.1, -0.05) is 12.1 Å². The summed E-state index contributed by atoms with van der Waals surface area (Å²) in [4.78, 5) is 6.61. The fraction of sp³-hybridized carbons (Fsp3) is 0.0769. The van der Waals surface area contributed by atoms with E-state index in [0.717, 1.165) is 38.5 Å². The molecular weight excluding hydrogens is 400 g/mol. The number of nitriles is 2. The summed E-state index contributed by atoms with van der Waals surface area (Å²) < 4.78 is 5.37. The number of aromatic nitrogens is 2. The molecule has 0 saturated carbocycles. The van der Waals surface area contributed by atoms with Gasteiger partial charge in [0.25, 0.3) is 0 Å². The van der Waals surface area contributed by atoms with Gasteiger partial charge in [-0.15, -0.1) is 0 Å². The first-order valence-electron chi connectivity index (χ1n) is 10.0. The number of phenols is 1. The molecule has 0 amide bonds. The molecule has 0 aliphatic rings. The predicted molar refractivity (Wildman–Crippen MR) is 122 cm³/mol. The average Bonchev–Trinajstić information content (AvgIpc) is 3.44. The van der Waals surface area contributed by atoms with Gasteiger partial charge in [0.15, 0.2) is 11.5 Å². The normalized spacial score (nSPS) is 11.8. The lowest BCUT2D eigenvalue weighted by Crippen LogP contribution is -2.03. The second-order valence-electron chi connectivity index (χ2n) is 7.60. The van der Waals surface area contributed by atoms with Gasteiger partial charge in [-0.2, -0.15) is 10.5 Å². The first-order chi connectivity index (χ1) is 15.6. The van der Waals surface area contributed by atoms with Gasteiger partial charge in [0.05, 0.1) is 30.4 Å². The van der Waals surface area contributed by atoms with Crippen molar-refractivity contribution < 1.29 is 9.84 Å². The largest absolute Gasteiger partial charge is 0.504 e. The van der Waals surface area contributed by atoms with Crippen molar-refractivity contribution in [3.05, 3.63) is 94.8 Å².